The van der Waals surface area contributed by atoms with Gasteiger partial charge in [-0.15, -0.1) is 0 Å². The van der Waals surface area contributed by atoms with Crippen LogP contribution in [0, 0.1) is 5.82 Å². The van der Waals surface area contributed by atoms with Crippen molar-refractivity contribution in [3.8, 4) is 0 Å². The van der Waals surface area contributed by atoms with Crippen LogP contribution in [0.4, 0.5) is 10.1 Å². The van der Waals surface area contributed by atoms with Gasteiger partial charge >= 0.3 is 0 Å². The fraction of sp³-hybridized carbons (Fsp3) is 0.350. The topological polar surface area (TPSA) is 75.3 Å². The second kappa shape index (κ2) is 9.10. The van der Waals surface area contributed by atoms with Gasteiger partial charge in [-0.3, -0.25) is 4.79 Å². The predicted molar refractivity (Wildman–Crippen MR) is 105 cm³/mol. The molecule has 0 aliphatic carbocycles. The lowest BCUT2D eigenvalue weighted by molar-refractivity contribution is -0.117. The van der Waals surface area contributed by atoms with Gasteiger partial charge in [0.1, 0.15) is 11.9 Å². The highest BCUT2D eigenvalue weighted by Gasteiger charge is 2.25. The summed E-state index contributed by atoms with van der Waals surface area (Å²) in [6, 6.07) is 11.0. The smallest absolute Gasteiger partial charge is 0.242 e. The number of nitrogens with one attached hydrogen (secondary N) is 2. The average molecular weight is 392 g/mol. The first-order valence-corrected chi connectivity index (χ1v) is 10.4. The molecule has 2 atom stereocenters. The van der Waals surface area contributed by atoms with Crippen LogP contribution in [0.15, 0.2) is 53.4 Å². The molecule has 0 bridgehead atoms. The van der Waals surface area contributed by atoms with Crippen LogP contribution in [0.1, 0.15) is 45.1 Å². The van der Waals surface area contributed by atoms with E-state index < -0.39 is 27.8 Å². The molecule has 0 heterocycles. The molecular formula is C20H25FN2O3S. The van der Waals surface area contributed by atoms with Crippen LogP contribution in [0.3, 0.4) is 0 Å². The third kappa shape index (κ3) is 5.37. The lowest BCUT2D eigenvalue weighted by atomic mass is 9.97. The van der Waals surface area contributed by atoms with Crippen molar-refractivity contribution in [3.05, 3.63) is 59.9 Å². The van der Waals surface area contributed by atoms with Crippen LogP contribution in [-0.2, 0) is 14.8 Å². The number of anilines is 1. The van der Waals surface area contributed by atoms with Crippen molar-refractivity contribution in [1.82, 2.24) is 4.72 Å². The molecular weight excluding hydrogens is 367 g/mol. The van der Waals surface area contributed by atoms with E-state index in [9.17, 15) is 17.6 Å². The Labute approximate surface area is 160 Å². The van der Waals surface area contributed by atoms with E-state index >= 15 is 0 Å². The molecule has 0 saturated carbocycles. The van der Waals surface area contributed by atoms with E-state index in [1.165, 1.54) is 12.1 Å². The van der Waals surface area contributed by atoms with E-state index in [1.807, 2.05) is 18.2 Å². The highest BCUT2D eigenvalue weighted by atomic mass is 32.2. The van der Waals surface area contributed by atoms with Gasteiger partial charge in [0, 0.05) is 5.69 Å². The van der Waals surface area contributed by atoms with Crippen LogP contribution in [-0.4, -0.2) is 20.4 Å². The first-order chi connectivity index (χ1) is 12.8. The van der Waals surface area contributed by atoms with Gasteiger partial charge < -0.3 is 5.32 Å². The Kier molecular flexibility index (Phi) is 7.10. The van der Waals surface area contributed by atoms with Gasteiger partial charge in [0.2, 0.25) is 15.9 Å². The quantitative estimate of drug-likeness (QED) is 0.712. The summed E-state index contributed by atoms with van der Waals surface area (Å²) < 4.78 is 40.4. The summed E-state index contributed by atoms with van der Waals surface area (Å²) >= 11 is 0. The van der Waals surface area contributed by atoms with E-state index in [0.29, 0.717) is 5.69 Å². The van der Waals surface area contributed by atoms with Gasteiger partial charge in [0.15, 0.2) is 0 Å². The number of rotatable bonds is 8. The average Bonchev–Trinajstić information content (AvgIpc) is 2.66. The van der Waals surface area contributed by atoms with Crippen LogP contribution in [0.25, 0.3) is 0 Å². The molecule has 0 saturated heterocycles. The minimum atomic E-state index is -3.93. The van der Waals surface area contributed by atoms with Crippen molar-refractivity contribution in [2.45, 2.75) is 50.5 Å². The molecule has 5 nitrogen and oxygen atoms in total. The Balaban J connectivity index is 2.18. The molecule has 0 spiro atoms. The number of hydrogen-bond acceptors (Lipinski definition) is 3. The molecule has 2 unspecified atom stereocenters. The normalized spacial score (nSPS) is 13.8. The van der Waals surface area contributed by atoms with Crippen LogP contribution in [0.5, 0.6) is 0 Å². The van der Waals surface area contributed by atoms with Gasteiger partial charge in [-0.1, -0.05) is 39.0 Å². The highest BCUT2D eigenvalue weighted by Crippen LogP contribution is 2.26. The van der Waals surface area contributed by atoms with Gasteiger partial charge in [-0.05, 0) is 54.7 Å². The summed E-state index contributed by atoms with van der Waals surface area (Å²) in [5.41, 5.74) is 1.68. The zero-order valence-corrected chi connectivity index (χ0v) is 16.5. The van der Waals surface area contributed by atoms with Crippen LogP contribution in [0.2, 0.25) is 0 Å². The molecule has 0 aliphatic rings. The predicted octanol–water partition coefficient (Wildman–Crippen LogP) is 4.03. The summed E-state index contributed by atoms with van der Waals surface area (Å²) in [5, 5.41) is 2.83. The van der Waals surface area contributed by atoms with Crippen LogP contribution < -0.4 is 10.0 Å². The van der Waals surface area contributed by atoms with Crippen molar-refractivity contribution in [3.63, 3.8) is 0 Å². The largest absolute Gasteiger partial charge is 0.324 e. The Morgan fingerprint density at radius 3 is 2.26 bits per heavy atom. The molecule has 2 aromatic rings. The van der Waals surface area contributed by atoms with Gasteiger partial charge in [0.05, 0.1) is 4.90 Å². The maximum Gasteiger partial charge on any atom is 0.242 e. The zero-order chi connectivity index (χ0) is 20.0. The molecule has 27 heavy (non-hydrogen) atoms. The number of halogens is 1. The zero-order valence-electron chi connectivity index (χ0n) is 15.7. The number of para-hydroxylation sites is 1. The fourth-order valence-corrected chi connectivity index (χ4v) is 3.95. The van der Waals surface area contributed by atoms with E-state index in [2.05, 4.69) is 23.9 Å². The second-order valence-electron chi connectivity index (χ2n) is 6.42. The first kappa shape index (κ1) is 21.1. The molecule has 1 amide bonds. The summed E-state index contributed by atoms with van der Waals surface area (Å²) in [6.45, 7) is 5.85. The van der Waals surface area contributed by atoms with E-state index in [1.54, 1.807) is 13.0 Å². The maximum atomic E-state index is 13.0. The van der Waals surface area contributed by atoms with Crippen molar-refractivity contribution >= 4 is 21.6 Å². The molecule has 0 aromatic heterocycles. The van der Waals surface area contributed by atoms with E-state index in [4.69, 9.17) is 0 Å². The molecule has 7 heteroatoms. The number of hydrogen-bond donors (Lipinski definition) is 2. The SMILES string of the molecule is CCC(NS(=O)(=O)c1ccc(F)cc1)C(=O)Nc1ccccc1C(C)CC. The minimum Gasteiger partial charge on any atom is -0.324 e. The molecule has 0 fully saturated rings. The standard InChI is InChI=1S/C20H25FN2O3S/c1-4-14(3)17-8-6-7-9-19(17)22-20(24)18(5-2)23-27(25,26)16-12-10-15(21)11-13-16/h6-14,18,23H,4-5H2,1-3H3,(H,22,24). The lowest BCUT2D eigenvalue weighted by Gasteiger charge is -2.20. The van der Waals surface area contributed by atoms with Crippen molar-refractivity contribution in [2.24, 2.45) is 0 Å². The van der Waals surface area contributed by atoms with Gasteiger partial charge in [-0.2, -0.15) is 4.72 Å². The monoisotopic (exact) mass is 392 g/mol. The number of carbonyl (C=O) groups is 1. The van der Waals surface area contributed by atoms with Crippen LogP contribution >= 0.6 is 0 Å². The number of amides is 1. The molecule has 0 aliphatic heterocycles. The van der Waals surface area contributed by atoms with Crippen molar-refractivity contribution in [2.75, 3.05) is 5.32 Å². The molecule has 2 rings (SSSR count). The number of sulfonamides is 1. The lowest BCUT2D eigenvalue weighted by Crippen LogP contribution is -2.43. The summed E-state index contributed by atoms with van der Waals surface area (Å²) in [4.78, 5) is 12.6. The van der Waals surface area contributed by atoms with Crippen molar-refractivity contribution in [1.29, 1.82) is 0 Å². The Hall–Kier alpha value is -2.25. The second-order valence-corrected chi connectivity index (χ2v) is 8.14. The van der Waals surface area contributed by atoms with E-state index in [-0.39, 0.29) is 17.2 Å². The Morgan fingerprint density at radius 2 is 1.67 bits per heavy atom. The number of benzene rings is 2. The molecule has 2 N–H and O–H groups in total. The maximum absolute atomic E-state index is 13.0. The summed E-state index contributed by atoms with van der Waals surface area (Å²) in [6.07, 6.45) is 1.19. The van der Waals surface area contributed by atoms with E-state index in [0.717, 1.165) is 24.1 Å². The third-order valence-electron chi connectivity index (χ3n) is 4.51. The third-order valence-corrected chi connectivity index (χ3v) is 6.00. The summed E-state index contributed by atoms with van der Waals surface area (Å²) in [7, 11) is -3.93. The number of carbonyl (C=O) groups excluding carboxylic acids is 1. The Bertz CT molecular complexity index is 882. The molecule has 2 aromatic carbocycles. The fourth-order valence-electron chi connectivity index (χ4n) is 2.67. The Morgan fingerprint density at radius 1 is 1.04 bits per heavy atom. The van der Waals surface area contributed by atoms with Crippen molar-refractivity contribution < 1.29 is 17.6 Å². The minimum absolute atomic E-state index is 0.0878. The van der Waals surface area contributed by atoms with Gasteiger partial charge in [0.25, 0.3) is 0 Å². The summed E-state index contributed by atoms with van der Waals surface area (Å²) in [5.74, 6) is -0.697. The molecule has 0 radical (unpaired) electrons. The molecule has 146 valence electrons. The highest BCUT2D eigenvalue weighted by molar-refractivity contribution is 7.89. The first-order valence-electron chi connectivity index (χ1n) is 8.96. The van der Waals surface area contributed by atoms with Gasteiger partial charge in [-0.25, -0.2) is 12.8 Å².